The normalized spacial score (nSPS) is 14.8. The number of nitrogens with two attached hydrogens (primary N) is 1. The monoisotopic (exact) mass is 289 g/mol. The summed E-state index contributed by atoms with van der Waals surface area (Å²) in [6, 6.07) is 12.8. The maximum absolute atomic E-state index is 13.2. The van der Waals surface area contributed by atoms with Gasteiger partial charge in [-0.05, 0) is 48.2 Å². The summed E-state index contributed by atoms with van der Waals surface area (Å²) >= 11 is 0. The Kier molecular flexibility index (Phi) is 4.43. The summed E-state index contributed by atoms with van der Waals surface area (Å²) in [7, 11) is 0. The van der Waals surface area contributed by atoms with E-state index in [1.807, 2.05) is 6.92 Å². The number of hydrogen-bond acceptors (Lipinski definition) is 1. The van der Waals surface area contributed by atoms with Crippen molar-refractivity contribution in [2.75, 3.05) is 0 Å². The van der Waals surface area contributed by atoms with E-state index >= 15 is 0 Å². The van der Waals surface area contributed by atoms with Gasteiger partial charge in [-0.15, -0.1) is 0 Å². The van der Waals surface area contributed by atoms with Gasteiger partial charge in [-0.2, -0.15) is 0 Å². The van der Waals surface area contributed by atoms with Crippen LogP contribution in [-0.2, 0) is 5.41 Å². The molecule has 0 bridgehead atoms. The molecule has 3 heteroatoms. The molecule has 0 saturated carbocycles. The third-order valence-corrected chi connectivity index (χ3v) is 4.59. The molecule has 112 valence electrons. The van der Waals surface area contributed by atoms with Gasteiger partial charge in [0, 0.05) is 11.5 Å². The van der Waals surface area contributed by atoms with Gasteiger partial charge >= 0.3 is 0 Å². The average molecular weight is 289 g/mol. The zero-order valence-electron chi connectivity index (χ0n) is 12.6. The van der Waals surface area contributed by atoms with Gasteiger partial charge in [-0.3, -0.25) is 0 Å². The van der Waals surface area contributed by atoms with Crippen molar-refractivity contribution < 1.29 is 8.78 Å². The summed E-state index contributed by atoms with van der Waals surface area (Å²) in [4.78, 5) is 0. The van der Waals surface area contributed by atoms with E-state index in [2.05, 4.69) is 13.8 Å². The van der Waals surface area contributed by atoms with Gasteiger partial charge in [0.2, 0.25) is 0 Å². The van der Waals surface area contributed by atoms with E-state index in [-0.39, 0.29) is 23.6 Å². The van der Waals surface area contributed by atoms with Gasteiger partial charge in [-0.25, -0.2) is 8.78 Å². The van der Waals surface area contributed by atoms with Crippen LogP contribution in [0.1, 0.15) is 31.9 Å². The Hall–Kier alpha value is -1.74. The Balaban J connectivity index is 2.58. The van der Waals surface area contributed by atoms with Crippen molar-refractivity contribution in [2.45, 2.75) is 32.2 Å². The molecule has 0 radical (unpaired) electrons. The minimum Gasteiger partial charge on any atom is -0.328 e. The van der Waals surface area contributed by atoms with Crippen LogP contribution in [-0.4, -0.2) is 6.04 Å². The first-order valence-corrected chi connectivity index (χ1v) is 7.13. The van der Waals surface area contributed by atoms with Gasteiger partial charge in [0.15, 0.2) is 0 Å². The average Bonchev–Trinajstić information content (AvgIpc) is 2.47. The largest absolute Gasteiger partial charge is 0.328 e. The van der Waals surface area contributed by atoms with Crippen LogP contribution in [0.4, 0.5) is 8.78 Å². The van der Waals surface area contributed by atoms with Crippen molar-refractivity contribution in [1.82, 2.24) is 0 Å². The highest BCUT2D eigenvalue weighted by Crippen LogP contribution is 2.40. The molecule has 0 fully saturated rings. The molecule has 1 nitrogen and oxygen atoms in total. The molecule has 2 unspecified atom stereocenters. The van der Waals surface area contributed by atoms with Gasteiger partial charge in [-0.1, -0.05) is 38.1 Å². The highest BCUT2D eigenvalue weighted by molar-refractivity contribution is 5.40. The van der Waals surface area contributed by atoms with Crippen LogP contribution >= 0.6 is 0 Å². The second-order valence-corrected chi connectivity index (χ2v) is 5.86. The lowest BCUT2D eigenvalue weighted by molar-refractivity contribution is 0.326. The first-order valence-electron chi connectivity index (χ1n) is 7.13. The fourth-order valence-electron chi connectivity index (χ4n) is 2.81. The molecule has 2 aromatic carbocycles. The Morgan fingerprint density at radius 1 is 0.810 bits per heavy atom. The third-order valence-electron chi connectivity index (χ3n) is 4.59. The molecule has 0 heterocycles. The zero-order valence-corrected chi connectivity index (χ0v) is 12.6. The molecular weight excluding hydrogens is 268 g/mol. The molecule has 2 atom stereocenters. The standard InChI is InChI=1S/C18H21F2N/c1-12(13(2)21)18(3,14-4-8-16(19)9-5-14)15-6-10-17(20)11-7-15/h4-13H,21H2,1-3H3. The van der Waals surface area contributed by atoms with E-state index in [1.165, 1.54) is 24.3 Å². The van der Waals surface area contributed by atoms with Crippen LogP contribution in [0.15, 0.2) is 48.5 Å². The quantitative estimate of drug-likeness (QED) is 0.894. The van der Waals surface area contributed by atoms with Crippen molar-refractivity contribution in [3.8, 4) is 0 Å². The molecule has 0 amide bonds. The van der Waals surface area contributed by atoms with Gasteiger partial charge < -0.3 is 5.73 Å². The van der Waals surface area contributed by atoms with Crippen molar-refractivity contribution >= 4 is 0 Å². The fourth-order valence-corrected chi connectivity index (χ4v) is 2.81. The van der Waals surface area contributed by atoms with Gasteiger partial charge in [0.1, 0.15) is 11.6 Å². The second-order valence-electron chi connectivity index (χ2n) is 5.86. The van der Waals surface area contributed by atoms with E-state index in [0.29, 0.717) is 0 Å². The zero-order chi connectivity index (χ0) is 15.6. The maximum atomic E-state index is 13.2. The summed E-state index contributed by atoms with van der Waals surface area (Å²) in [6.07, 6.45) is 0. The smallest absolute Gasteiger partial charge is 0.123 e. The van der Waals surface area contributed by atoms with E-state index in [0.717, 1.165) is 11.1 Å². The number of hydrogen-bond donors (Lipinski definition) is 1. The Bertz CT molecular complexity index is 542. The fraction of sp³-hybridized carbons (Fsp3) is 0.333. The molecule has 0 aliphatic rings. The Morgan fingerprint density at radius 3 is 1.43 bits per heavy atom. The first-order chi connectivity index (χ1) is 9.85. The molecule has 0 aromatic heterocycles. The number of benzene rings is 2. The summed E-state index contributed by atoms with van der Waals surface area (Å²) in [6.45, 7) is 6.09. The summed E-state index contributed by atoms with van der Waals surface area (Å²) in [5, 5.41) is 0. The maximum Gasteiger partial charge on any atom is 0.123 e. The minimum absolute atomic E-state index is 0.0508. The summed E-state index contributed by atoms with van der Waals surface area (Å²) in [5.74, 6) is -0.435. The van der Waals surface area contributed by atoms with E-state index in [9.17, 15) is 8.78 Å². The Labute approximate surface area is 124 Å². The molecular formula is C18H21F2N. The predicted molar refractivity (Wildman–Crippen MR) is 82.1 cm³/mol. The van der Waals surface area contributed by atoms with Crippen LogP contribution < -0.4 is 5.73 Å². The molecule has 0 aliphatic carbocycles. The molecule has 0 spiro atoms. The predicted octanol–water partition coefficient (Wildman–Crippen LogP) is 4.25. The van der Waals surface area contributed by atoms with Gasteiger partial charge in [0.05, 0.1) is 0 Å². The minimum atomic E-state index is -0.407. The van der Waals surface area contributed by atoms with E-state index in [1.54, 1.807) is 24.3 Å². The lowest BCUT2D eigenvalue weighted by Gasteiger charge is -2.39. The SMILES string of the molecule is CC(N)C(C)C(C)(c1ccc(F)cc1)c1ccc(F)cc1. The highest BCUT2D eigenvalue weighted by Gasteiger charge is 2.36. The lowest BCUT2D eigenvalue weighted by atomic mass is 9.66. The lowest BCUT2D eigenvalue weighted by Crippen LogP contribution is -2.41. The van der Waals surface area contributed by atoms with Crippen molar-refractivity contribution in [2.24, 2.45) is 11.7 Å². The van der Waals surface area contributed by atoms with Crippen molar-refractivity contribution in [3.63, 3.8) is 0 Å². The molecule has 2 aromatic rings. The topological polar surface area (TPSA) is 26.0 Å². The van der Waals surface area contributed by atoms with E-state index < -0.39 is 5.41 Å². The number of halogens is 2. The molecule has 0 aliphatic heterocycles. The summed E-state index contributed by atoms with van der Waals surface area (Å²) in [5.41, 5.74) is 7.65. The van der Waals surface area contributed by atoms with Crippen molar-refractivity contribution in [3.05, 3.63) is 71.3 Å². The molecule has 21 heavy (non-hydrogen) atoms. The van der Waals surface area contributed by atoms with E-state index in [4.69, 9.17) is 5.73 Å². The molecule has 2 N–H and O–H groups in total. The summed E-state index contributed by atoms with van der Waals surface area (Å²) < 4.78 is 26.4. The van der Waals surface area contributed by atoms with Crippen LogP contribution in [0.2, 0.25) is 0 Å². The third kappa shape index (κ3) is 2.98. The Morgan fingerprint density at radius 2 is 1.14 bits per heavy atom. The van der Waals surface area contributed by atoms with Crippen LogP contribution in [0.5, 0.6) is 0 Å². The van der Waals surface area contributed by atoms with Crippen LogP contribution in [0.25, 0.3) is 0 Å². The van der Waals surface area contributed by atoms with Crippen molar-refractivity contribution in [1.29, 1.82) is 0 Å². The molecule has 0 saturated heterocycles. The van der Waals surface area contributed by atoms with Crippen LogP contribution in [0.3, 0.4) is 0 Å². The molecule has 2 rings (SSSR count). The van der Waals surface area contributed by atoms with Crippen LogP contribution in [0, 0.1) is 17.6 Å². The van der Waals surface area contributed by atoms with Gasteiger partial charge in [0.25, 0.3) is 0 Å². The number of rotatable bonds is 4. The highest BCUT2D eigenvalue weighted by atomic mass is 19.1. The second kappa shape index (κ2) is 5.94. The first kappa shape index (κ1) is 15.6.